The Labute approximate surface area is 102 Å². The monoisotopic (exact) mass is 229 g/mol. The molecule has 1 heterocycles. The third kappa shape index (κ3) is 2.33. The van der Waals surface area contributed by atoms with Crippen LogP contribution in [0.4, 0.5) is 5.95 Å². The lowest BCUT2D eigenvalue weighted by atomic mass is 9.86. The molecule has 0 unspecified atom stereocenters. The van der Waals surface area contributed by atoms with Crippen molar-refractivity contribution in [2.75, 3.05) is 5.73 Å². The van der Waals surface area contributed by atoms with Crippen LogP contribution in [0.25, 0.3) is 11.3 Å². The maximum Gasteiger partial charge on any atom is 0.198 e. The lowest BCUT2D eigenvalue weighted by Crippen LogP contribution is -2.10. The maximum absolute atomic E-state index is 5.65. The molecule has 0 saturated carbocycles. The molecular formula is C14H19N3. The summed E-state index contributed by atoms with van der Waals surface area (Å²) in [5.41, 5.74) is 10.2. The van der Waals surface area contributed by atoms with Crippen LogP contribution in [0.15, 0.2) is 24.3 Å². The lowest BCUT2D eigenvalue weighted by molar-refractivity contribution is 0.590. The van der Waals surface area contributed by atoms with E-state index in [1.165, 1.54) is 5.56 Å². The van der Waals surface area contributed by atoms with Gasteiger partial charge in [-0.3, -0.25) is 0 Å². The SMILES string of the molecule is Cc1[nH]c(N)nc1-c1ccc(C(C)(C)C)cc1. The smallest absolute Gasteiger partial charge is 0.198 e. The van der Waals surface area contributed by atoms with E-state index in [0.717, 1.165) is 17.0 Å². The Kier molecular flexibility index (Phi) is 2.69. The Balaban J connectivity index is 2.39. The Hall–Kier alpha value is -1.77. The summed E-state index contributed by atoms with van der Waals surface area (Å²) >= 11 is 0. The molecule has 0 bridgehead atoms. The van der Waals surface area contributed by atoms with Gasteiger partial charge in [0, 0.05) is 11.3 Å². The van der Waals surface area contributed by atoms with Crippen molar-refractivity contribution < 1.29 is 0 Å². The molecule has 3 N–H and O–H groups in total. The van der Waals surface area contributed by atoms with Crippen molar-refractivity contribution in [3.05, 3.63) is 35.5 Å². The molecular weight excluding hydrogens is 210 g/mol. The van der Waals surface area contributed by atoms with Gasteiger partial charge < -0.3 is 10.7 Å². The van der Waals surface area contributed by atoms with Crippen LogP contribution in [0.2, 0.25) is 0 Å². The first-order valence-corrected chi connectivity index (χ1v) is 5.81. The van der Waals surface area contributed by atoms with E-state index < -0.39 is 0 Å². The zero-order valence-corrected chi connectivity index (χ0v) is 10.8. The first-order valence-electron chi connectivity index (χ1n) is 5.81. The van der Waals surface area contributed by atoms with Gasteiger partial charge in [-0.25, -0.2) is 4.98 Å². The average molecular weight is 229 g/mol. The van der Waals surface area contributed by atoms with Crippen molar-refractivity contribution in [1.82, 2.24) is 9.97 Å². The summed E-state index contributed by atoms with van der Waals surface area (Å²) in [5, 5.41) is 0. The minimum absolute atomic E-state index is 0.179. The van der Waals surface area contributed by atoms with E-state index in [1.807, 2.05) is 6.92 Å². The predicted octanol–water partition coefficient (Wildman–Crippen LogP) is 3.26. The number of benzene rings is 1. The van der Waals surface area contributed by atoms with Crippen LogP contribution >= 0.6 is 0 Å². The van der Waals surface area contributed by atoms with Gasteiger partial charge in [-0.15, -0.1) is 0 Å². The molecule has 2 aromatic rings. The van der Waals surface area contributed by atoms with Gasteiger partial charge in [-0.2, -0.15) is 0 Å². The van der Waals surface area contributed by atoms with Gasteiger partial charge in [0.05, 0.1) is 5.69 Å². The van der Waals surface area contributed by atoms with Crippen molar-refractivity contribution in [2.24, 2.45) is 0 Å². The molecule has 0 aliphatic carbocycles. The molecule has 1 aromatic heterocycles. The van der Waals surface area contributed by atoms with Gasteiger partial charge in [0.25, 0.3) is 0 Å². The Morgan fingerprint density at radius 3 is 2.12 bits per heavy atom. The highest BCUT2D eigenvalue weighted by Gasteiger charge is 2.14. The van der Waals surface area contributed by atoms with Crippen LogP contribution < -0.4 is 5.73 Å². The van der Waals surface area contributed by atoms with Crippen LogP contribution in [0.5, 0.6) is 0 Å². The Morgan fingerprint density at radius 2 is 1.71 bits per heavy atom. The maximum atomic E-state index is 5.65. The number of aromatic nitrogens is 2. The molecule has 90 valence electrons. The van der Waals surface area contributed by atoms with Gasteiger partial charge in [-0.05, 0) is 17.9 Å². The number of nitrogens with one attached hydrogen (secondary N) is 1. The molecule has 0 saturated heterocycles. The summed E-state index contributed by atoms with van der Waals surface area (Å²) in [6.45, 7) is 8.61. The third-order valence-corrected chi connectivity index (χ3v) is 2.93. The van der Waals surface area contributed by atoms with Crippen LogP contribution in [-0.4, -0.2) is 9.97 Å². The van der Waals surface area contributed by atoms with Crippen LogP contribution in [0, 0.1) is 6.92 Å². The molecule has 17 heavy (non-hydrogen) atoms. The molecule has 1 aromatic carbocycles. The second-order valence-corrected chi connectivity index (χ2v) is 5.42. The number of rotatable bonds is 1. The molecule has 0 atom stereocenters. The average Bonchev–Trinajstić information content (AvgIpc) is 2.57. The molecule has 0 aliphatic rings. The molecule has 0 amide bonds. The Bertz CT molecular complexity index is 515. The number of imidazole rings is 1. The van der Waals surface area contributed by atoms with Gasteiger partial charge in [0.15, 0.2) is 5.95 Å². The van der Waals surface area contributed by atoms with Gasteiger partial charge in [0.1, 0.15) is 0 Å². The van der Waals surface area contributed by atoms with Crippen molar-refractivity contribution >= 4 is 5.95 Å². The highest BCUT2D eigenvalue weighted by molar-refractivity contribution is 5.64. The fourth-order valence-corrected chi connectivity index (χ4v) is 1.89. The fourth-order valence-electron chi connectivity index (χ4n) is 1.89. The molecule has 3 heteroatoms. The van der Waals surface area contributed by atoms with Crippen LogP contribution in [0.3, 0.4) is 0 Å². The first kappa shape index (κ1) is 11.7. The van der Waals surface area contributed by atoms with E-state index in [9.17, 15) is 0 Å². The Morgan fingerprint density at radius 1 is 1.12 bits per heavy atom. The molecule has 0 spiro atoms. The normalized spacial score (nSPS) is 11.8. The van der Waals surface area contributed by atoms with E-state index >= 15 is 0 Å². The standard InChI is InChI=1S/C14H19N3/c1-9-12(17-13(15)16-9)10-5-7-11(8-6-10)14(2,3)4/h5-8H,1-4H3,(H3,15,16,17). The number of nitrogens with zero attached hydrogens (tertiary/aromatic N) is 1. The van der Waals surface area contributed by atoms with Crippen LogP contribution in [0.1, 0.15) is 32.0 Å². The van der Waals surface area contributed by atoms with Crippen molar-refractivity contribution in [3.63, 3.8) is 0 Å². The van der Waals surface area contributed by atoms with Crippen molar-refractivity contribution in [2.45, 2.75) is 33.1 Å². The van der Waals surface area contributed by atoms with E-state index in [4.69, 9.17) is 5.73 Å². The number of hydrogen-bond donors (Lipinski definition) is 2. The summed E-state index contributed by atoms with van der Waals surface area (Å²) < 4.78 is 0. The number of hydrogen-bond acceptors (Lipinski definition) is 2. The fraction of sp³-hybridized carbons (Fsp3) is 0.357. The number of aromatic amines is 1. The highest BCUT2D eigenvalue weighted by atomic mass is 15.0. The quantitative estimate of drug-likeness (QED) is 0.788. The molecule has 0 radical (unpaired) electrons. The summed E-state index contributed by atoms with van der Waals surface area (Å²) in [4.78, 5) is 7.31. The van der Waals surface area contributed by atoms with Gasteiger partial charge in [0.2, 0.25) is 0 Å². The molecule has 0 fully saturated rings. The topological polar surface area (TPSA) is 54.7 Å². The number of nitrogens with two attached hydrogens (primary N) is 1. The zero-order valence-electron chi connectivity index (χ0n) is 10.8. The summed E-state index contributed by atoms with van der Waals surface area (Å²) in [5.74, 6) is 0.470. The minimum atomic E-state index is 0.179. The third-order valence-electron chi connectivity index (χ3n) is 2.93. The largest absolute Gasteiger partial charge is 0.369 e. The van der Waals surface area contributed by atoms with E-state index in [2.05, 4.69) is 55.0 Å². The molecule has 3 nitrogen and oxygen atoms in total. The van der Waals surface area contributed by atoms with Gasteiger partial charge >= 0.3 is 0 Å². The lowest BCUT2D eigenvalue weighted by Gasteiger charge is -2.19. The van der Waals surface area contributed by atoms with E-state index in [1.54, 1.807) is 0 Å². The van der Waals surface area contributed by atoms with Gasteiger partial charge in [-0.1, -0.05) is 45.0 Å². The second kappa shape index (κ2) is 3.91. The number of aryl methyl sites for hydroxylation is 1. The van der Waals surface area contributed by atoms with Crippen molar-refractivity contribution in [3.8, 4) is 11.3 Å². The predicted molar refractivity (Wildman–Crippen MR) is 71.9 cm³/mol. The van der Waals surface area contributed by atoms with Crippen molar-refractivity contribution in [1.29, 1.82) is 0 Å². The minimum Gasteiger partial charge on any atom is -0.369 e. The number of H-pyrrole nitrogens is 1. The number of anilines is 1. The van der Waals surface area contributed by atoms with E-state index in [0.29, 0.717) is 5.95 Å². The highest BCUT2D eigenvalue weighted by Crippen LogP contribution is 2.26. The molecule has 2 rings (SSSR count). The first-order chi connectivity index (χ1) is 7.88. The summed E-state index contributed by atoms with van der Waals surface area (Å²) in [6, 6.07) is 8.51. The number of nitrogen functional groups attached to an aromatic ring is 1. The molecule has 0 aliphatic heterocycles. The zero-order chi connectivity index (χ0) is 12.6. The van der Waals surface area contributed by atoms with Crippen LogP contribution in [-0.2, 0) is 5.41 Å². The summed E-state index contributed by atoms with van der Waals surface area (Å²) in [6.07, 6.45) is 0. The second-order valence-electron chi connectivity index (χ2n) is 5.42. The summed E-state index contributed by atoms with van der Waals surface area (Å²) in [7, 11) is 0. The van der Waals surface area contributed by atoms with E-state index in [-0.39, 0.29) is 5.41 Å².